The van der Waals surface area contributed by atoms with Gasteiger partial charge in [0.05, 0.1) is 12.2 Å². The first-order valence-electron chi connectivity index (χ1n) is 12.1. The van der Waals surface area contributed by atoms with Crippen molar-refractivity contribution in [2.45, 2.75) is 112 Å². The minimum atomic E-state index is -0.316. The normalized spacial score (nSPS) is 25.5. The van der Waals surface area contributed by atoms with Crippen molar-refractivity contribution in [2.75, 3.05) is 7.11 Å². The van der Waals surface area contributed by atoms with Crippen molar-refractivity contribution in [3.05, 3.63) is 11.6 Å². The second-order valence-electron chi connectivity index (χ2n) is 10.2. The molecule has 1 rings (SSSR count). The highest BCUT2D eigenvalue weighted by atomic mass is 16.5. The maximum atomic E-state index is 12.7. The molecule has 1 aliphatic carbocycles. The van der Waals surface area contributed by atoms with E-state index in [2.05, 4.69) is 40.7 Å². The number of hydrogen-bond acceptors (Lipinski definition) is 3. The fraction of sp³-hybridized carbons (Fsp3) is 0.885. The summed E-state index contributed by atoms with van der Waals surface area (Å²) < 4.78 is 5.54. The molecule has 1 aliphatic rings. The molecule has 1 N–H and O–H groups in total. The predicted octanol–water partition coefficient (Wildman–Crippen LogP) is 6.58. The van der Waals surface area contributed by atoms with Crippen molar-refractivity contribution in [2.24, 2.45) is 29.6 Å². The second-order valence-corrected chi connectivity index (χ2v) is 10.2. The monoisotopic (exact) mass is 408 g/mol. The summed E-state index contributed by atoms with van der Waals surface area (Å²) >= 11 is 0. The molecule has 1 fully saturated rings. The molecule has 0 spiro atoms. The predicted molar refractivity (Wildman–Crippen MR) is 123 cm³/mol. The molecule has 3 heteroatoms. The molecule has 3 unspecified atom stereocenters. The molecule has 0 aromatic rings. The summed E-state index contributed by atoms with van der Waals surface area (Å²) in [5, 5.41) is 10.2. The number of methoxy groups -OCH3 is 1. The van der Waals surface area contributed by atoms with Crippen LogP contribution in [0, 0.1) is 29.6 Å². The molecule has 6 atom stereocenters. The number of carbonyl (C=O) groups is 1. The van der Waals surface area contributed by atoms with Gasteiger partial charge >= 0.3 is 0 Å². The Bertz CT molecular complexity index is 492. The van der Waals surface area contributed by atoms with Crippen LogP contribution in [-0.4, -0.2) is 30.2 Å². The minimum absolute atomic E-state index is 0.0246. The van der Waals surface area contributed by atoms with Crippen LogP contribution in [0.4, 0.5) is 0 Å². The van der Waals surface area contributed by atoms with E-state index in [-0.39, 0.29) is 18.1 Å². The van der Waals surface area contributed by atoms with Gasteiger partial charge in [0.2, 0.25) is 0 Å². The highest BCUT2D eigenvalue weighted by molar-refractivity contribution is 5.82. The first kappa shape index (κ1) is 26.4. The molecule has 170 valence electrons. The summed E-state index contributed by atoms with van der Waals surface area (Å²) in [6.45, 7) is 13.1. The quantitative estimate of drug-likeness (QED) is 0.350. The third-order valence-corrected chi connectivity index (χ3v) is 6.76. The van der Waals surface area contributed by atoms with Crippen molar-refractivity contribution >= 4 is 5.78 Å². The van der Waals surface area contributed by atoms with Crippen LogP contribution in [-0.2, 0) is 9.53 Å². The van der Waals surface area contributed by atoms with Crippen LogP contribution in [0.5, 0.6) is 0 Å². The lowest BCUT2D eigenvalue weighted by molar-refractivity contribution is -0.121. The molecule has 0 aliphatic heterocycles. The van der Waals surface area contributed by atoms with E-state index in [1.807, 2.05) is 6.92 Å². The fourth-order valence-electron chi connectivity index (χ4n) is 5.31. The number of allylic oxidation sites excluding steroid dienone is 2. The number of ether oxygens (including phenoxy) is 1. The fourth-order valence-corrected chi connectivity index (χ4v) is 5.31. The summed E-state index contributed by atoms with van der Waals surface area (Å²) in [5.41, 5.74) is 1.22. The molecular formula is C26H48O3. The minimum Gasteiger partial charge on any atom is -0.390 e. The van der Waals surface area contributed by atoms with Crippen molar-refractivity contribution in [1.82, 2.24) is 0 Å². The van der Waals surface area contributed by atoms with Gasteiger partial charge in [-0.05, 0) is 76.0 Å². The number of Topliss-reactive ketones (excluding diaryl/α,β-unsaturated/α-hetero) is 1. The lowest BCUT2D eigenvalue weighted by Crippen LogP contribution is -2.36. The lowest BCUT2D eigenvalue weighted by Gasteiger charge is -2.37. The van der Waals surface area contributed by atoms with E-state index in [0.29, 0.717) is 35.9 Å². The smallest absolute Gasteiger partial charge is 0.139 e. The first-order valence-corrected chi connectivity index (χ1v) is 12.1. The largest absolute Gasteiger partial charge is 0.390 e. The van der Waals surface area contributed by atoms with Gasteiger partial charge in [0.15, 0.2) is 0 Å². The lowest BCUT2D eigenvalue weighted by atomic mass is 9.72. The summed E-state index contributed by atoms with van der Waals surface area (Å²) in [4.78, 5) is 12.7. The van der Waals surface area contributed by atoms with E-state index < -0.39 is 0 Å². The molecule has 0 aromatic heterocycles. The molecule has 29 heavy (non-hydrogen) atoms. The van der Waals surface area contributed by atoms with Crippen LogP contribution in [0.1, 0.15) is 99.3 Å². The van der Waals surface area contributed by atoms with Gasteiger partial charge < -0.3 is 9.84 Å². The van der Waals surface area contributed by atoms with E-state index in [1.54, 1.807) is 7.11 Å². The van der Waals surface area contributed by atoms with Crippen LogP contribution < -0.4 is 0 Å². The van der Waals surface area contributed by atoms with E-state index in [0.717, 1.165) is 25.7 Å². The molecule has 0 saturated heterocycles. The number of aliphatic hydroxyl groups excluding tert-OH is 1. The van der Waals surface area contributed by atoms with Gasteiger partial charge in [-0.3, -0.25) is 4.79 Å². The molecule has 0 bridgehead atoms. The maximum Gasteiger partial charge on any atom is 0.139 e. The van der Waals surface area contributed by atoms with Gasteiger partial charge in [0.25, 0.3) is 0 Å². The van der Waals surface area contributed by atoms with Gasteiger partial charge in [-0.1, -0.05) is 52.2 Å². The molecule has 0 heterocycles. The van der Waals surface area contributed by atoms with Crippen molar-refractivity contribution in [3.63, 3.8) is 0 Å². The third-order valence-electron chi connectivity index (χ3n) is 6.76. The van der Waals surface area contributed by atoms with Crippen molar-refractivity contribution in [3.8, 4) is 0 Å². The van der Waals surface area contributed by atoms with Crippen molar-refractivity contribution < 1.29 is 14.6 Å². The summed E-state index contributed by atoms with van der Waals surface area (Å²) in [5.74, 6) is 2.99. The topological polar surface area (TPSA) is 46.5 Å². The molecular weight excluding hydrogens is 360 g/mol. The first-order chi connectivity index (χ1) is 13.7. The third kappa shape index (κ3) is 9.79. The Morgan fingerprint density at radius 3 is 2.38 bits per heavy atom. The number of rotatable bonds is 13. The van der Waals surface area contributed by atoms with Crippen LogP contribution >= 0.6 is 0 Å². The number of carbonyl (C=O) groups excluding carboxylic acids is 1. The average molecular weight is 409 g/mol. The van der Waals surface area contributed by atoms with Crippen LogP contribution in [0.2, 0.25) is 0 Å². The van der Waals surface area contributed by atoms with E-state index in [1.165, 1.54) is 31.3 Å². The summed E-state index contributed by atoms with van der Waals surface area (Å²) in [6.07, 6.45) is 11.2. The Labute approximate surface area is 180 Å². The van der Waals surface area contributed by atoms with Gasteiger partial charge in [0.1, 0.15) is 5.78 Å². The summed E-state index contributed by atoms with van der Waals surface area (Å²) in [6, 6.07) is 0. The molecule has 3 nitrogen and oxygen atoms in total. The SMILES string of the molecule is CCC[C@@H](CC(C)C)C(CCC(=O)[C@H](C)C=C(C)C)CC1CC[C@@H](O)C(OC)C1. The second kappa shape index (κ2) is 13.6. The van der Waals surface area contributed by atoms with E-state index in [4.69, 9.17) is 4.74 Å². The maximum absolute atomic E-state index is 12.7. The van der Waals surface area contributed by atoms with Gasteiger partial charge in [0, 0.05) is 19.4 Å². The zero-order valence-corrected chi connectivity index (χ0v) is 20.2. The molecule has 0 radical (unpaired) electrons. The van der Waals surface area contributed by atoms with Gasteiger partial charge in [-0.25, -0.2) is 0 Å². The number of hydrogen-bond donors (Lipinski definition) is 1. The Balaban J connectivity index is 2.84. The summed E-state index contributed by atoms with van der Waals surface area (Å²) in [7, 11) is 1.72. The Hall–Kier alpha value is -0.670. The van der Waals surface area contributed by atoms with Crippen LogP contribution in [0.15, 0.2) is 11.6 Å². The Morgan fingerprint density at radius 2 is 1.83 bits per heavy atom. The van der Waals surface area contributed by atoms with E-state index >= 15 is 0 Å². The molecule has 0 amide bonds. The Kier molecular flexibility index (Phi) is 12.4. The number of aliphatic hydroxyl groups is 1. The highest BCUT2D eigenvalue weighted by Gasteiger charge is 2.32. The zero-order chi connectivity index (χ0) is 22.0. The van der Waals surface area contributed by atoms with Gasteiger partial charge in [-0.2, -0.15) is 0 Å². The van der Waals surface area contributed by atoms with Crippen LogP contribution in [0.3, 0.4) is 0 Å². The molecule has 0 aromatic carbocycles. The highest BCUT2D eigenvalue weighted by Crippen LogP contribution is 2.38. The number of ketones is 1. The standard InChI is InChI=1S/C26H48O3/c1-8-9-22(15-19(4)5)23(11-13-24(27)20(6)14-18(2)3)16-21-10-12-25(28)26(17-21)29-7/h14,19-23,25-26,28H,8-13,15-17H2,1-7H3/t20-,21?,22+,23?,25-,26?/m1/s1. The average Bonchev–Trinajstić information content (AvgIpc) is 2.64. The zero-order valence-electron chi connectivity index (χ0n) is 20.2. The Morgan fingerprint density at radius 1 is 1.14 bits per heavy atom. The van der Waals surface area contributed by atoms with E-state index in [9.17, 15) is 9.90 Å². The van der Waals surface area contributed by atoms with Crippen molar-refractivity contribution in [1.29, 1.82) is 0 Å². The van der Waals surface area contributed by atoms with Crippen LogP contribution in [0.25, 0.3) is 0 Å². The molecule has 1 saturated carbocycles. The van der Waals surface area contributed by atoms with Gasteiger partial charge in [-0.15, -0.1) is 0 Å².